The zero-order valence-corrected chi connectivity index (χ0v) is 16.0. The fourth-order valence-electron chi connectivity index (χ4n) is 3.23. The van der Waals surface area contributed by atoms with Crippen LogP contribution in [-0.4, -0.2) is 18.4 Å². The van der Waals surface area contributed by atoms with Crippen LogP contribution in [0.25, 0.3) is 0 Å². The minimum Gasteiger partial charge on any atom is -0.494 e. The van der Waals surface area contributed by atoms with Crippen LogP contribution in [-0.2, 0) is 16.0 Å². The van der Waals surface area contributed by atoms with E-state index in [4.69, 9.17) is 4.74 Å². The summed E-state index contributed by atoms with van der Waals surface area (Å²) in [6.07, 6.45) is 1.44. The molecule has 1 saturated carbocycles. The second-order valence-corrected chi connectivity index (χ2v) is 6.85. The molecule has 27 heavy (non-hydrogen) atoms. The molecule has 0 bridgehead atoms. The number of amides is 2. The summed E-state index contributed by atoms with van der Waals surface area (Å²) in [6, 6.07) is 13.3. The van der Waals surface area contributed by atoms with Crippen LogP contribution < -0.4 is 15.4 Å². The van der Waals surface area contributed by atoms with Crippen LogP contribution >= 0.6 is 0 Å². The average Bonchev–Trinajstić information content (AvgIpc) is 3.46. The van der Waals surface area contributed by atoms with Gasteiger partial charge in [-0.05, 0) is 62.1 Å². The van der Waals surface area contributed by atoms with Crippen molar-refractivity contribution in [1.82, 2.24) is 0 Å². The number of hydrogen-bond acceptors (Lipinski definition) is 3. The maximum atomic E-state index is 12.6. The van der Waals surface area contributed by atoms with Crippen molar-refractivity contribution in [2.75, 3.05) is 17.2 Å². The number of aryl methyl sites for hydroxylation is 2. The van der Waals surface area contributed by atoms with Crippen LogP contribution in [0.2, 0.25) is 0 Å². The molecule has 3 rings (SSSR count). The Balaban J connectivity index is 1.57. The number of nitrogens with one attached hydrogen (secondary N) is 2. The summed E-state index contributed by atoms with van der Waals surface area (Å²) in [6.45, 7) is 6.58. The van der Waals surface area contributed by atoms with Crippen LogP contribution in [0.4, 0.5) is 11.4 Å². The fraction of sp³-hybridized carbons (Fsp3) is 0.364. The third kappa shape index (κ3) is 4.48. The molecule has 1 fully saturated rings. The molecule has 0 aromatic heterocycles. The lowest BCUT2D eigenvalue weighted by molar-refractivity contribution is -0.122. The van der Waals surface area contributed by atoms with Gasteiger partial charge in [0.05, 0.1) is 18.4 Å². The van der Waals surface area contributed by atoms with Crippen LogP contribution in [0.5, 0.6) is 5.75 Å². The highest BCUT2D eigenvalue weighted by Crippen LogP contribution is 2.40. The lowest BCUT2D eigenvalue weighted by atomic mass is 10.1. The summed E-state index contributed by atoms with van der Waals surface area (Å²) >= 11 is 0. The number of benzene rings is 2. The van der Waals surface area contributed by atoms with E-state index in [9.17, 15) is 9.59 Å². The van der Waals surface area contributed by atoms with Gasteiger partial charge in [0.25, 0.3) is 0 Å². The standard InChI is InChI=1S/C22H26N2O3/c1-4-15-8-6-7-14(3)20(15)24-22(26)19-13-18(19)21(25)23-16-9-11-17(12-10-16)27-5-2/h6-12,18-19H,4-5,13H2,1-3H3,(H,23,25)(H,24,26). The first-order valence-corrected chi connectivity index (χ1v) is 9.46. The van der Waals surface area contributed by atoms with Crippen molar-refractivity contribution < 1.29 is 14.3 Å². The Kier molecular flexibility index (Phi) is 5.79. The lowest BCUT2D eigenvalue weighted by Crippen LogP contribution is -2.21. The molecular weight excluding hydrogens is 340 g/mol. The minimum atomic E-state index is -0.273. The maximum Gasteiger partial charge on any atom is 0.228 e. The van der Waals surface area contributed by atoms with Gasteiger partial charge in [0.15, 0.2) is 0 Å². The smallest absolute Gasteiger partial charge is 0.228 e. The molecular formula is C22H26N2O3. The number of anilines is 2. The second-order valence-electron chi connectivity index (χ2n) is 6.85. The predicted octanol–water partition coefficient (Wildman–Crippen LogP) is 4.17. The first kappa shape index (κ1) is 19.0. The third-order valence-corrected chi connectivity index (χ3v) is 4.89. The topological polar surface area (TPSA) is 67.4 Å². The molecule has 0 aliphatic heterocycles. The van der Waals surface area contributed by atoms with Crippen molar-refractivity contribution in [2.45, 2.75) is 33.6 Å². The fourth-order valence-corrected chi connectivity index (χ4v) is 3.23. The Labute approximate surface area is 160 Å². The zero-order chi connectivity index (χ0) is 19.4. The minimum absolute atomic E-state index is 0.0779. The largest absolute Gasteiger partial charge is 0.494 e. The molecule has 0 radical (unpaired) electrons. The summed E-state index contributed by atoms with van der Waals surface area (Å²) in [5.74, 6) is 0.0393. The molecule has 5 nitrogen and oxygen atoms in total. The summed E-state index contributed by atoms with van der Waals surface area (Å²) < 4.78 is 5.39. The Bertz CT molecular complexity index is 830. The molecule has 1 aliphatic carbocycles. The van der Waals surface area contributed by atoms with E-state index in [0.29, 0.717) is 18.7 Å². The molecule has 0 saturated heterocycles. The summed E-state index contributed by atoms with van der Waals surface area (Å²) in [7, 11) is 0. The van der Waals surface area contributed by atoms with Crippen molar-refractivity contribution >= 4 is 23.2 Å². The van der Waals surface area contributed by atoms with Crippen molar-refractivity contribution in [3.63, 3.8) is 0 Å². The molecule has 2 aromatic rings. The Hall–Kier alpha value is -2.82. The third-order valence-electron chi connectivity index (χ3n) is 4.89. The van der Waals surface area contributed by atoms with Crippen molar-refractivity contribution in [3.05, 3.63) is 53.6 Å². The highest BCUT2D eigenvalue weighted by Gasteiger charge is 2.48. The van der Waals surface area contributed by atoms with E-state index in [1.54, 1.807) is 12.1 Å². The Morgan fingerprint density at radius 2 is 1.67 bits per heavy atom. The number of carbonyl (C=O) groups excluding carboxylic acids is 2. The highest BCUT2D eigenvalue weighted by atomic mass is 16.5. The van der Waals surface area contributed by atoms with E-state index in [0.717, 1.165) is 29.0 Å². The van der Waals surface area contributed by atoms with Crippen molar-refractivity contribution in [3.8, 4) is 5.75 Å². The van der Waals surface area contributed by atoms with E-state index in [-0.39, 0.29) is 23.7 Å². The van der Waals surface area contributed by atoms with Crippen molar-refractivity contribution in [2.24, 2.45) is 11.8 Å². The monoisotopic (exact) mass is 366 g/mol. The number of rotatable bonds is 7. The normalized spacial score (nSPS) is 17.9. The molecule has 0 spiro atoms. The molecule has 2 aromatic carbocycles. The molecule has 1 aliphatic rings. The average molecular weight is 366 g/mol. The first-order chi connectivity index (χ1) is 13.0. The SMILES string of the molecule is CCOc1ccc(NC(=O)C2CC2C(=O)Nc2c(C)cccc2CC)cc1. The van der Waals surface area contributed by atoms with E-state index < -0.39 is 0 Å². The van der Waals surface area contributed by atoms with Gasteiger partial charge in [0, 0.05) is 11.4 Å². The lowest BCUT2D eigenvalue weighted by Gasteiger charge is -2.13. The molecule has 2 atom stereocenters. The maximum absolute atomic E-state index is 12.6. The quantitative estimate of drug-likeness (QED) is 0.773. The van der Waals surface area contributed by atoms with Gasteiger partial charge in [-0.1, -0.05) is 25.1 Å². The van der Waals surface area contributed by atoms with E-state index in [2.05, 4.69) is 17.6 Å². The van der Waals surface area contributed by atoms with E-state index in [1.165, 1.54) is 0 Å². The van der Waals surface area contributed by atoms with Crippen LogP contribution in [0.1, 0.15) is 31.4 Å². The van der Waals surface area contributed by atoms with Gasteiger partial charge in [-0.2, -0.15) is 0 Å². The van der Waals surface area contributed by atoms with Crippen LogP contribution in [0.3, 0.4) is 0 Å². The predicted molar refractivity (Wildman–Crippen MR) is 107 cm³/mol. The Morgan fingerprint density at radius 1 is 1.00 bits per heavy atom. The molecule has 5 heteroatoms. The van der Waals surface area contributed by atoms with Gasteiger partial charge in [-0.3, -0.25) is 9.59 Å². The summed E-state index contributed by atoms with van der Waals surface area (Å²) in [5.41, 5.74) is 3.74. The van der Waals surface area contributed by atoms with Gasteiger partial charge >= 0.3 is 0 Å². The first-order valence-electron chi connectivity index (χ1n) is 9.46. The summed E-state index contributed by atoms with van der Waals surface area (Å²) in [4.78, 5) is 25.0. The van der Waals surface area contributed by atoms with Crippen LogP contribution in [0.15, 0.2) is 42.5 Å². The summed E-state index contributed by atoms with van der Waals surface area (Å²) in [5, 5.41) is 5.91. The van der Waals surface area contributed by atoms with Gasteiger partial charge in [0.1, 0.15) is 5.75 Å². The zero-order valence-electron chi connectivity index (χ0n) is 16.0. The number of ether oxygens (including phenoxy) is 1. The molecule has 142 valence electrons. The van der Waals surface area contributed by atoms with E-state index >= 15 is 0 Å². The molecule has 2 unspecified atom stereocenters. The second kappa shape index (κ2) is 8.25. The highest BCUT2D eigenvalue weighted by molar-refractivity contribution is 6.03. The molecule has 2 N–H and O–H groups in total. The van der Waals surface area contributed by atoms with Gasteiger partial charge in [0.2, 0.25) is 11.8 Å². The van der Waals surface area contributed by atoms with Gasteiger partial charge in [-0.25, -0.2) is 0 Å². The van der Waals surface area contributed by atoms with Gasteiger partial charge in [-0.15, -0.1) is 0 Å². The van der Waals surface area contributed by atoms with Gasteiger partial charge < -0.3 is 15.4 Å². The van der Waals surface area contributed by atoms with Crippen LogP contribution in [0, 0.1) is 18.8 Å². The van der Waals surface area contributed by atoms with Crippen molar-refractivity contribution in [1.29, 1.82) is 0 Å². The number of hydrogen-bond donors (Lipinski definition) is 2. The number of carbonyl (C=O) groups is 2. The molecule has 0 heterocycles. The number of para-hydroxylation sites is 1. The Morgan fingerprint density at radius 3 is 2.30 bits per heavy atom. The van der Waals surface area contributed by atoms with E-state index in [1.807, 2.05) is 44.2 Å². The molecule has 2 amide bonds.